The Hall–Kier alpha value is 0.354. The van der Waals surface area contributed by atoms with Crippen molar-refractivity contribution in [1.82, 2.24) is 0 Å². The van der Waals surface area contributed by atoms with Crippen LogP contribution in [-0.2, 0) is 8.54 Å². The van der Waals surface area contributed by atoms with Crippen LogP contribution in [0.5, 0.6) is 0 Å². The molecule has 0 fully saturated rings. The molecule has 0 atom stereocenters. The first-order valence-corrected chi connectivity index (χ1v) is 10.1. The molecule has 0 N–H and O–H groups in total. The monoisotopic (exact) mass is 206 g/mol. The predicted octanol–water partition coefficient (Wildman–Crippen LogP) is 2.50. The van der Waals surface area contributed by atoms with Crippen molar-refractivity contribution in [1.29, 1.82) is 0 Å². The van der Waals surface area contributed by atoms with Crippen LogP contribution >= 0.6 is 0 Å². The van der Waals surface area contributed by atoms with Crippen LogP contribution < -0.4 is 0 Å². The SMILES string of the molecule is C[SiH](C)O[Si](C)(C)OC(C)(C)C. The molecule has 0 aliphatic carbocycles. The fraction of sp³-hybridized carbons (Fsp3) is 1.00. The molecule has 0 aliphatic heterocycles. The fourth-order valence-corrected chi connectivity index (χ4v) is 7.54. The van der Waals surface area contributed by atoms with Crippen LogP contribution in [0.15, 0.2) is 0 Å². The van der Waals surface area contributed by atoms with Gasteiger partial charge in [-0.2, -0.15) is 0 Å². The summed E-state index contributed by atoms with van der Waals surface area (Å²) in [5.41, 5.74) is -0.0704. The number of hydrogen-bond acceptors (Lipinski definition) is 2. The molecule has 12 heavy (non-hydrogen) atoms. The normalized spacial score (nSPS) is 14.0. The van der Waals surface area contributed by atoms with Gasteiger partial charge < -0.3 is 8.54 Å². The van der Waals surface area contributed by atoms with Crippen molar-refractivity contribution in [2.24, 2.45) is 0 Å². The summed E-state index contributed by atoms with van der Waals surface area (Å²) in [7, 11) is -2.79. The molecule has 0 heterocycles. The Morgan fingerprint density at radius 3 is 1.75 bits per heavy atom. The second-order valence-corrected chi connectivity index (χ2v) is 10.8. The maximum absolute atomic E-state index is 5.89. The summed E-state index contributed by atoms with van der Waals surface area (Å²) in [6, 6.07) is 0. The summed E-state index contributed by atoms with van der Waals surface area (Å²) >= 11 is 0. The van der Waals surface area contributed by atoms with Crippen molar-refractivity contribution in [3.63, 3.8) is 0 Å². The molecule has 0 aromatic rings. The summed E-state index contributed by atoms with van der Waals surface area (Å²) in [5, 5.41) is 0. The van der Waals surface area contributed by atoms with E-state index in [1.54, 1.807) is 0 Å². The van der Waals surface area contributed by atoms with E-state index < -0.39 is 17.6 Å². The van der Waals surface area contributed by atoms with E-state index in [-0.39, 0.29) is 5.60 Å². The van der Waals surface area contributed by atoms with Crippen molar-refractivity contribution in [3.8, 4) is 0 Å². The van der Waals surface area contributed by atoms with Gasteiger partial charge in [0.2, 0.25) is 0 Å². The quantitative estimate of drug-likeness (QED) is 0.661. The smallest absolute Gasteiger partial charge is 0.321 e. The first-order valence-electron chi connectivity index (χ1n) is 4.50. The first-order chi connectivity index (χ1) is 5.12. The highest BCUT2D eigenvalue weighted by molar-refractivity contribution is 6.72. The molecule has 4 heteroatoms. The molecule has 0 saturated carbocycles. The summed E-state index contributed by atoms with van der Waals surface area (Å²) in [5.74, 6) is 0. The lowest BCUT2D eigenvalue weighted by Crippen LogP contribution is -2.44. The van der Waals surface area contributed by atoms with Gasteiger partial charge in [0.1, 0.15) is 0 Å². The Balaban J connectivity index is 4.04. The van der Waals surface area contributed by atoms with Crippen LogP contribution in [0, 0.1) is 0 Å². The fourth-order valence-electron chi connectivity index (χ4n) is 1.33. The van der Waals surface area contributed by atoms with Crippen molar-refractivity contribution in [2.75, 3.05) is 0 Å². The number of hydrogen-bond donors (Lipinski definition) is 0. The van der Waals surface area contributed by atoms with Gasteiger partial charge in [0.05, 0.1) is 5.60 Å². The molecule has 0 rings (SSSR count). The first kappa shape index (κ1) is 12.4. The Morgan fingerprint density at radius 1 is 1.08 bits per heavy atom. The van der Waals surface area contributed by atoms with E-state index in [0.29, 0.717) is 0 Å². The second kappa shape index (κ2) is 4.04. The van der Waals surface area contributed by atoms with Gasteiger partial charge in [-0.3, -0.25) is 0 Å². The maximum atomic E-state index is 5.89. The third kappa shape index (κ3) is 7.03. The Bertz CT molecular complexity index is 138. The summed E-state index contributed by atoms with van der Waals surface area (Å²) in [4.78, 5) is 0. The predicted molar refractivity (Wildman–Crippen MR) is 58.3 cm³/mol. The van der Waals surface area contributed by atoms with Gasteiger partial charge in [0.15, 0.2) is 9.04 Å². The van der Waals surface area contributed by atoms with Gasteiger partial charge in [0, 0.05) is 0 Å². The van der Waals surface area contributed by atoms with Crippen molar-refractivity contribution < 1.29 is 8.54 Å². The molecule has 0 aromatic heterocycles. The van der Waals surface area contributed by atoms with Gasteiger partial charge >= 0.3 is 8.56 Å². The van der Waals surface area contributed by atoms with Crippen LogP contribution in [-0.4, -0.2) is 23.2 Å². The minimum atomic E-state index is -1.84. The van der Waals surface area contributed by atoms with E-state index in [9.17, 15) is 0 Å². The highest BCUT2D eigenvalue weighted by Gasteiger charge is 2.30. The molecule has 0 amide bonds. The van der Waals surface area contributed by atoms with Gasteiger partial charge in [-0.1, -0.05) is 0 Å². The van der Waals surface area contributed by atoms with Crippen LogP contribution in [0.3, 0.4) is 0 Å². The molecule has 0 spiro atoms. The molecule has 74 valence electrons. The van der Waals surface area contributed by atoms with Crippen LogP contribution in [0.1, 0.15) is 20.8 Å². The summed E-state index contributed by atoms with van der Waals surface area (Å²) in [6.45, 7) is 14.8. The standard InChI is InChI=1S/C8H22O2Si2/c1-8(2,3)9-12(6,7)10-11(4)5/h11H,1-7H3. The lowest BCUT2D eigenvalue weighted by atomic mass is 10.2. The summed E-state index contributed by atoms with van der Waals surface area (Å²) < 4.78 is 11.8. The molecular weight excluding hydrogens is 184 g/mol. The second-order valence-electron chi connectivity index (χ2n) is 4.78. The topological polar surface area (TPSA) is 18.5 Å². The van der Waals surface area contributed by atoms with Crippen LogP contribution in [0.25, 0.3) is 0 Å². The minimum Gasteiger partial charge on any atom is -0.439 e. The molecule has 0 unspecified atom stereocenters. The third-order valence-corrected chi connectivity index (χ3v) is 6.33. The molecule has 0 radical (unpaired) electrons. The Labute approximate surface area is 79.2 Å². The van der Waals surface area contributed by atoms with Crippen LogP contribution in [0.2, 0.25) is 26.2 Å². The zero-order valence-corrected chi connectivity index (χ0v) is 11.5. The van der Waals surface area contributed by atoms with E-state index in [0.717, 1.165) is 0 Å². The van der Waals surface area contributed by atoms with Crippen molar-refractivity contribution in [2.45, 2.75) is 52.6 Å². The van der Waals surface area contributed by atoms with E-state index in [4.69, 9.17) is 8.54 Å². The molecular formula is C8H22O2Si2. The Morgan fingerprint density at radius 2 is 1.50 bits per heavy atom. The van der Waals surface area contributed by atoms with E-state index >= 15 is 0 Å². The van der Waals surface area contributed by atoms with E-state index in [2.05, 4.69) is 47.0 Å². The largest absolute Gasteiger partial charge is 0.439 e. The zero-order valence-electron chi connectivity index (χ0n) is 9.39. The van der Waals surface area contributed by atoms with Gasteiger partial charge in [-0.15, -0.1) is 0 Å². The van der Waals surface area contributed by atoms with Gasteiger partial charge in [-0.25, -0.2) is 0 Å². The average molecular weight is 206 g/mol. The van der Waals surface area contributed by atoms with Crippen molar-refractivity contribution >= 4 is 17.6 Å². The molecule has 0 aliphatic rings. The van der Waals surface area contributed by atoms with Crippen LogP contribution in [0.4, 0.5) is 0 Å². The van der Waals surface area contributed by atoms with Gasteiger partial charge in [0.25, 0.3) is 0 Å². The summed E-state index contributed by atoms with van der Waals surface area (Å²) in [6.07, 6.45) is 0. The van der Waals surface area contributed by atoms with E-state index in [1.165, 1.54) is 0 Å². The lowest BCUT2D eigenvalue weighted by Gasteiger charge is -2.33. The molecule has 2 nitrogen and oxygen atoms in total. The maximum Gasteiger partial charge on any atom is 0.321 e. The van der Waals surface area contributed by atoms with E-state index in [1.807, 2.05) is 0 Å². The molecule has 0 bridgehead atoms. The highest BCUT2D eigenvalue weighted by atomic mass is 28.4. The average Bonchev–Trinajstić information content (AvgIpc) is 1.48. The minimum absolute atomic E-state index is 0.0704. The number of rotatable bonds is 3. The van der Waals surface area contributed by atoms with Crippen molar-refractivity contribution in [3.05, 3.63) is 0 Å². The third-order valence-electron chi connectivity index (χ3n) is 1.07. The zero-order chi connectivity index (χ0) is 9.99. The highest BCUT2D eigenvalue weighted by Crippen LogP contribution is 2.18. The van der Waals surface area contributed by atoms with Gasteiger partial charge in [-0.05, 0) is 47.0 Å². The molecule has 0 aromatic carbocycles. The Kier molecular flexibility index (Phi) is 4.16. The lowest BCUT2D eigenvalue weighted by molar-refractivity contribution is 0.0939. The molecule has 0 saturated heterocycles.